The maximum atomic E-state index is 11.3. The Morgan fingerprint density at radius 3 is 2.41 bits per heavy atom. The first kappa shape index (κ1) is 12.2. The van der Waals surface area contributed by atoms with E-state index in [1.54, 1.807) is 29.6 Å². The van der Waals surface area contributed by atoms with E-state index < -0.39 is 9.84 Å². The van der Waals surface area contributed by atoms with Crippen LogP contribution in [-0.2, 0) is 16.4 Å². The number of sulfone groups is 1. The number of aromatic nitrogens is 1. The Morgan fingerprint density at radius 1 is 1.29 bits per heavy atom. The molecular weight excluding hydrogens is 258 g/mol. The van der Waals surface area contributed by atoms with E-state index in [1.165, 1.54) is 17.6 Å². The fraction of sp³-hybridized carbons (Fsp3) is 0.182. The van der Waals surface area contributed by atoms with Crippen LogP contribution in [0, 0.1) is 0 Å². The van der Waals surface area contributed by atoms with Crippen LogP contribution in [0.2, 0.25) is 0 Å². The lowest BCUT2D eigenvalue weighted by molar-refractivity contribution is 0.278. The molecule has 1 N–H and O–H groups in total. The summed E-state index contributed by atoms with van der Waals surface area (Å²) in [4.78, 5) is 4.50. The molecule has 1 aromatic carbocycles. The van der Waals surface area contributed by atoms with Crippen LogP contribution in [0.25, 0.3) is 10.6 Å². The van der Waals surface area contributed by atoms with Gasteiger partial charge in [-0.1, -0.05) is 12.1 Å². The fourth-order valence-corrected chi connectivity index (χ4v) is 2.80. The minimum atomic E-state index is -3.16. The van der Waals surface area contributed by atoms with Gasteiger partial charge in [0.15, 0.2) is 9.84 Å². The van der Waals surface area contributed by atoms with Crippen molar-refractivity contribution in [2.75, 3.05) is 6.26 Å². The third-order valence-electron chi connectivity index (χ3n) is 2.24. The van der Waals surface area contributed by atoms with Crippen molar-refractivity contribution < 1.29 is 13.5 Å². The molecule has 4 nitrogen and oxygen atoms in total. The van der Waals surface area contributed by atoms with Gasteiger partial charge in [-0.3, -0.25) is 0 Å². The Morgan fingerprint density at radius 2 is 1.94 bits per heavy atom. The highest BCUT2D eigenvalue weighted by Gasteiger charge is 2.08. The van der Waals surface area contributed by atoms with Crippen LogP contribution in [0.15, 0.2) is 34.5 Å². The average molecular weight is 269 g/mol. The molecule has 0 saturated carbocycles. The number of aliphatic hydroxyl groups excluding tert-OH is 1. The first-order valence-electron chi connectivity index (χ1n) is 4.86. The van der Waals surface area contributed by atoms with Gasteiger partial charge in [0.2, 0.25) is 0 Å². The highest BCUT2D eigenvalue weighted by atomic mass is 32.2. The molecule has 0 bridgehead atoms. The SMILES string of the molecule is CS(=O)(=O)c1ccc(-c2nc(CO)cs2)cc1. The Bertz CT molecular complexity index is 614. The molecule has 0 saturated heterocycles. The predicted molar refractivity (Wildman–Crippen MR) is 66.6 cm³/mol. The van der Waals surface area contributed by atoms with Crippen molar-refractivity contribution in [3.05, 3.63) is 35.3 Å². The molecule has 90 valence electrons. The largest absolute Gasteiger partial charge is 0.390 e. The molecule has 2 rings (SSSR count). The Labute approximate surface area is 103 Å². The Kier molecular flexibility index (Phi) is 3.28. The summed E-state index contributed by atoms with van der Waals surface area (Å²) >= 11 is 1.42. The summed E-state index contributed by atoms with van der Waals surface area (Å²) in [6.45, 7) is -0.0854. The first-order chi connectivity index (χ1) is 8.00. The third-order valence-corrected chi connectivity index (χ3v) is 4.31. The highest BCUT2D eigenvalue weighted by Crippen LogP contribution is 2.24. The minimum Gasteiger partial charge on any atom is -0.390 e. The number of benzene rings is 1. The van der Waals surface area contributed by atoms with Crippen LogP contribution < -0.4 is 0 Å². The molecule has 6 heteroatoms. The maximum Gasteiger partial charge on any atom is 0.175 e. The zero-order valence-electron chi connectivity index (χ0n) is 9.12. The molecule has 2 aromatic rings. The summed E-state index contributed by atoms with van der Waals surface area (Å²) in [5.41, 5.74) is 1.47. The van der Waals surface area contributed by atoms with E-state index in [9.17, 15) is 8.42 Å². The van der Waals surface area contributed by atoms with E-state index in [2.05, 4.69) is 4.98 Å². The normalized spacial score (nSPS) is 11.6. The van der Waals surface area contributed by atoms with Crippen molar-refractivity contribution in [3.63, 3.8) is 0 Å². The fourth-order valence-electron chi connectivity index (χ4n) is 1.36. The molecule has 0 aliphatic heterocycles. The van der Waals surface area contributed by atoms with Crippen LogP contribution in [0.5, 0.6) is 0 Å². The number of hydrogen-bond acceptors (Lipinski definition) is 5. The molecule has 0 spiro atoms. The zero-order valence-corrected chi connectivity index (χ0v) is 10.8. The summed E-state index contributed by atoms with van der Waals surface area (Å²) in [5.74, 6) is 0. The molecule has 0 aliphatic carbocycles. The summed E-state index contributed by atoms with van der Waals surface area (Å²) in [7, 11) is -3.16. The molecule has 0 amide bonds. The van der Waals surface area contributed by atoms with Crippen LogP contribution in [0.4, 0.5) is 0 Å². The Balaban J connectivity index is 2.35. The number of nitrogens with zero attached hydrogens (tertiary/aromatic N) is 1. The molecule has 0 atom stereocenters. The summed E-state index contributed by atoms with van der Waals surface area (Å²) < 4.78 is 22.6. The Hall–Kier alpha value is -1.24. The van der Waals surface area contributed by atoms with Crippen molar-refractivity contribution >= 4 is 21.2 Å². The zero-order chi connectivity index (χ0) is 12.5. The molecule has 0 aliphatic rings. The molecule has 0 radical (unpaired) electrons. The topological polar surface area (TPSA) is 67.3 Å². The van der Waals surface area contributed by atoms with E-state index in [1.807, 2.05) is 0 Å². The van der Waals surface area contributed by atoms with Crippen LogP contribution in [0.3, 0.4) is 0 Å². The van der Waals surface area contributed by atoms with Crippen molar-refractivity contribution in [2.24, 2.45) is 0 Å². The monoisotopic (exact) mass is 269 g/mol. The van der Waals surface area contributed by atoms with Crippen molar-refractivity contribution in [3.8, 4) is 10.6 Å². The van der Waals surface area contributed by atoms with Gasteiger partial charge in [0, 0.05) is 17.2 Å². The van der Waals surface area contributed by atoms with Gasteiger partial charge in [-0.05, 0) is 12.1 Å². The second kappa shape index (κ2) is 4.56. The molecule has 1 aromatic heterocycles. The lowest BCUT2D eigenvalue weighted by atomic mass is 10.2. The third kappa shape index (κ3) is 2.71. The molecule has 1 heterocycles. The van der Waals surface area contributed by atoms with Gasteiger partial charge in [0.1, 0.15) is 5.01 Å². The van der Waals surface area contributed by atoms with Gasteiger partial charge in [0.05, 0.1) is 17.2 Å². The first-order valence-corrected chi connectivity index (χ1v) is 7.63. The maximum absolute atomic E-state index is 11.3. The molecule has 17 heavy (non-hydrogen) atoms. The van der Waals surface area contributed by atoms with Crippen LogP contribution >= 0.6 is 11.3 Å². The molecule has 0 unspecified atom stereocenters. The molecular formula is C11H11NO3S2. The highest BCUT2D eigenvalue weighted by molar-refractivity contribution is 7.90. The van der Waals surface area contributed by atoms with Crippen LogP contribution in [0.1, 0.15) is 5.69 Å². The van der Waals surface area contributed by atoms with Crippen molar-refractivity contribution in [2.45, 2.75) is 11.5 Å². The van der Waals surface area contributed by atoms with Crippen molar-refractivity contribution in [1.82, 2.24) is 4.98 Å². The quantitative estimate of drug-likeness (QED) is 0.921. The van der Waals surface area contributed by atoms with Gasteiger partial charge in [-0.25, -0.2) is 13.4 Å². The molecule has 0 fully saturated rings. The lowest BCUT2D eigenvalue weighted by Gasteiger charge is -1.99. The second-order valence-corrected chi connectivity index (χ2v) is 6.47. The van der Waals surface area contributed by atoms with Crippen LogP contribution in [-0.4, -0.2) is 24.8 Å². The smallest absolute Gasteiger partial charge is 0.175 e. The van der Waals surface area contributed by atoms with Gasteiger partial charge in [0.25, 0.3) is 0 Å². The standard InChI is InChI=1S/C11H11NO3S2/c1-17(14,15)10-4-2-8(3-5-10)11-12-9(6-13)7-16-11/h2-5,7,13H,6H2,1H3. The van der Waals surface area contributed by atoms with Gasteiger partial charge < -0.3 is 5.11 Å². The van der Waals surface area contributed by atoms with Gasteiger partial charge in [-0.15, -0.1) is 11.3 Å². The predicted octanol–water partition coefficient (Wildman–Crippen LogP) is 1.71. The van der Waals surface area contributed by atoms with E-state index in [0.29, 0.717) is 10.6 Å². The summed E-state index contributed by atoms with van der Waals surface area (Å²) in [6.07, 6.45) is 1.18. The van der Waals surface area contributed by atoms with E-state index in [0.717, 1.165) is 10.6 Å². The van der Waals surface area contributed by atoms with E-state index in [4.69, 9.17) is 5.11 Å². The van der Waals surface area contributed by atoms with E-state index in [-0.39, 0.29) is 6.61 Å². The second-order valence-electron chi connectivity index (χ2n) is 3.60. The number of aliphatic hydroxyl groups is 1. The van der Waals surface area contributed by atoms with Gasteiger partial charge in [-0.2, -0.15) is 0 Å². The van der Waals surface area contributed by atoms with E-state index >= 15 is 0 Å². The number of hydrogen-bond donors (Lipinski definition) is 1. The average Bonchev–Trinajstić information content (AvgIpc) is 2.76. The van der Waals surface area contributed by atoms with Crippen molar-refractivity contribution in [1.29, 1.82) is 0 Å². The minimum absolute atomic E-state index is 0.0854. The van der Waals surface area contributed by atoms with Gasteiger partial charge >= 0.3 is 0 Å². The summed E-state index contributed by atoms with van der Waals surface area (Å²) in [5, 5.41) is 11.5. The number of thiazole rings is 1. The lowest BCUT2D eigenvalue weighted by Crippen LogP contribution is -1.96. The number of rotatable bonds is 3. The summed E-state index contributed by atoms with van der Waals surface area (Å²) in [6, 6.07) is 6.56.